The summed E-state index contributed by atoms with van der Waals surface area (Å²) in [6, 6.07) is 15.9. The standard InChI is InChI=1S/C24H18F3N5OS/c1-13-7-9-15(10-8-13)12-31-14(2)17(16-5-3-4-6-19(16)31)11-18-20(28)32-23(29-21(18)33)34-22(30-32)24(25,26)27/h3-11,28H,12H2,1-2H3/b18-11-,28-20?. The Labute approximate surface area is 197 Å². The third-order valence-corrected chi connectivity index (χ3v) is 6.68. The van der Waals surface area contributed by atoms with Gasteiger partial charge in [0.1, 0.15) is 0 Å². The second kappa shape index (κ2) is 7.98. The molecule has 0 bridgehead atoms. The van der Waals surface area contributed by atoms with Gasteiger partial charge < -0.3 is 4.57 Å². The summed E-state index contributed by atoms with van der Waals surface area (Å²) in [7, 11) is 0. The smallest absolute Gasteiger partial charge is 0.340 e. The number of nitrogens with zero attached hydrogens (tertiary/aromatic N) is 4. The Balaban J connectivity index is 1.59. The number of benzene rings is 2. The lowest BCUT2D eigenvalue weighted by atomic mass is 10.1. The van der Waals surface area contributed by atoms with Gasteiger partial charge in [0.05, 0.1) is 5.57 Å². The van der Waals surface area contributed by atoms with Crippen LogP contribution in [0, 0.1) is 19.3 Å². The van der Waals surface area contributed by atoms with Crippen LogP contribution in [0.3, 0.4) is 0 Å². The number of rotatable bonds is 3. The van der Waals surface area contributed by atoms with Gasteiger partial charge >= 0.3 is 6.18 Å². The molecule has 172 valence electrons. The van der Waals surface area contributed by atoms with Gasteiger partial charge in [0.2, 0.25) is 10.2 Å². The van der Waals surface area contributed by atoms with Crippen molar-refractivity contribution in [2.24, 2.45) is 10.1 Å². The van der Waals surface area contributed by atoms with Crippen LogP contribution in [0.4, 0.5) is 13.2 Å². The zero-order valence-corrected chi connectivity index (χ0v) is 19.0. The van der Waals surface area contributed by atoms with Gasteiger partial charge in [-0.3, -0.25) is 10.2 Å². The van der Waals surface area contributed by atoms with E-state index in [1.165, 1.54) is 6.08 Å². The molecule has 0 fully saturated rings. The van der Waals surface area contributed by atoms with Crippen LogP contribution in [0.1, 0.15) is 22.4 Å². The lowest BCUT2D eigenvalue weighted by Crippen LogP contribution is -2.35. The van der Waals surface area contributed by atoms with E-state index in [1.54, 1.807) is 0 Å². The largest absolute Gasteiger partial charge is 0.441 e. The van der Waals surface area contributed by atoms with Crippen molar-refractivity contribution in [3.05, 3.63) is 76.5 Å². The van der Waals surface area contributed by atoms with Crippen molar-refractivity contribution in [3.8, 4) is 0 Å². The first-order valence-corrected chi connectivity index (χ1v) is 11.2. The van der Waals surface area contributed by atoms with Crippen LogP contribution in [-0.4, -0.2) is 37.7 Å². The quantitative estimate of drug-likeness (QED) is 0.503. The Bertz CT molecular complexity index is 1450. The highest BCUT2D eigenvalue weighted by molar-refractivity contribution is 8.27. The average Bonchev–Trinajstić information content (AvgIpc) is 3.33. The fourth-order valence-corrected chi connectivity index (χ4v) is 4.73. The number of halogens is 3. The monoisotopic (exact) mass is 481 g/mol. The summed E-state index contributed by atoms with van der Waals surface area (Å²) in [6.07, 6.45) is -3.16. The first-order valence-electron chi connectivity index (χ1n) is 10.3. The number of fused-ring (bicyclic) bond motifs is 2. The second-order valence-electron chi connectivity index (χ2n) is 8.01. The van der Waals surface area contributed by atoms with Crippen LogP contribution < -0.4 is 0 Å². The Hall–Kier alpha value is -3.66. The number of thioether (sulfide) groups is 1. The summed E-state index contributed by atoms with van der Waals surface area (Å²) in [5.41, 5.74) is 4.67. The molecule has 0 saturated carbocycles. The number of nitrogens with one attached hydrogen (secondary N) is 1. The maximum Gasteiger partial charge on any atom is 0.441 e. The van der Waals surface area contributed by atoms with Gasteiger partial charge in [0.25, 0.3) is 5.91 Å². The summed E-state index contributed by atoms with van der Waals surface area (Å²) < 4.78 is 41.4. The van der Waals surface area contributed by atoms with Gasteiger partial charge in [0, 0.05) is 28.7 Å². The van der Waals surface area contributed by atoms with Gasteiger partial charge in [0.15, 0.2) is 5.84 Å². The molecule has 1 amide bonds. The average molecular weight is 482 g/mol. The number of aryl methyl sites for hydroxylation is 1. The number of hydrogen-bond acceptors (Lipinski definition) is 4. The highest BCUT2D eigenvalue weighted by Gasteiger charge is 2.46. The van der Waals surface area contributed by atoms with E-state index < -0.39 is 23.0 Å². The fraction of sp³-hybridized carbons (Fsp3) is 0.167. The molecule has 34 heavy (non-hydrogen) atoms. The molecular formula is C24H18F3N5OS. The molecule has 0 saturated heterocycles. The van der Waals surface area contributed by atoms with E-state index in [4.69, 9.17) is 5.41 Å². The lowest BCUT2D eigenvalue weighted by molar-refractivity contribution is -0.114. The molecule has 3 aromatic rings. The maximum atomic E-state index is 13.1. The summed E-state index contributed by atoms with van der Waals surface area (Å²) in [6.45, 7) is 4.54. The van der Waals surface area contributed by atoms with Crippen molar-refractivity contribution in [1.29, 1.82) is 5.41 Å². The molecule has 0 spiro atoms. The molecule has 1 aromatic heterocycles. The normalized spacial score (nSPS) is 17.4. The van der Waals surface area contributed by atoms with Gasteiger partial charge in [-0.15, -0.1) is 0 Å². The zero-order valence-electron chi connectivity index (χ0n) is 18.1. The third kappa shape index (κ3) is 3.73. The van der Waals surface area contributed by atoms with E-state index in [-0.39, 0.29) is 22.5 Å². The van der Waals surface area contributed by atoms with Crippen LogP contribution in [0.15, 0.2) is 64.2 Å². The van der Waals surface area contributed by atoms with Gasteiger partial charge in [-0.2, -0.15) is 28.3 Å². The molecule has 2 aliphatic rings. The highest BCUT2D eigenvalue weighted by atomic mass is 32.2. The molecule has 0 unspecified atom stereocenters. The molecule has 10 heteroatoms. The molecule has 2 aliphatic heterocycles. The molecule has 0 radical (unpaired) electrons. The van der Waals surface area contributed by atoms with Crippen molar-refractivity contribution in [2.45, 2.75) is 26.6 Å². The van der Waals surface area contributed by atoms with E-state index in [9.17, 15) is 18.0 Å². The molecule has 1 N–H and O–H groups in total. The van der Waals surface area contributed by atoms with E-state index >= 15 is 0 Å². The summed E-state index contributed by atoms with van der Waals surface area (Å²) in [4.78, 5) is 16.5. The van der Waals surface area contributed by atoms with Crippen LogP contribution in [0.25, 0.3) is 17.0 Å². The minimum absolute atomic E-state index is 0.113. The maximum absolute atomic E-state index is 13.1. The molecule has 3 heterocycles. The first-order chi connectivity index (χ1) is 16.1. The number of alkyl halides is 3. The predicted molar refractivity (Wildman–Crippen MR) is 128 cm³/mol. The van der Waals surface area contributed by atoms with Crippen molar-refractivity contribution >= 4 is 50.7 Å². The van der Waals surface area contributed by atoms with Crippen molar-refractivity contribution in [1.82, 2.24) is 9.58 Å². The number of hydrogen-bond donors (Lipinski definition) is 1. The van der Waals surface area contributed by atoms with E-state index in [2.05, 4.69) is 26.8 Å². The lowest BCUT2D eigenvalue weighted by Gasteiger charge is -2.20. The van der Waals surface area contributed by atoms with Crippen molar-refractivity contribution in [3.63, 3.8) is 0 Å². The van der Waals surface area contributed by atoms with Crippen molar-refractivity contribution < 1.29 is 18.0 Å². The van der Waals surface area contributed by atoms with Crippen LogP contribution in [0.5, 0.6) is 0 Å². The number of amidine groups is 2. The second-order valence-corrected chi connectivity index (χ2v) is 8.97. The van der Waals surface area contributed by atoms with Gasteiger partial charge in [-0.25, -0.2) is 0 Å². The van der Waals surface area contributed by atoms with Crippen LogP contribution in [0.2, 0.25) is 0 Å². The number of aromatic nitrogens is 1. The number of amides is 1. The summed E-state index contributed by atoms with van der Waals surface area (Å²) >= 11 is 0.237. The molecule has 6 nitrogen and oxygen atoms in total. The number of hydrazone groups is 1. The van der Waals surface area contributed by atoms with Crippen LogP contribution >= 0.6 is 11.8 Å². The number of aliphatic imine (C=N–C) groups is 1. The Morgan fingerprint density at radius 3 is 2.50 bits per heavy atom. The molecule has 5 rings (SSSR count). The van der Waals surface area contributed by atoms with E-state index in [0.717, 1.165) is 32.7 Å². The van der Waals surface area contributed by atoms with E-state index in [1.807, 2.05) is 50.2 Å². The highest BCUT2D eigenvalue weighted by Crippen LogP contribution is 2.36. The van der Waals surface area contributed by atoms with Crippen LogP contribution in [-0.2, 0) is 11.3 Å². The van der Waals surface area contributed by atoms with Crippen molar-refractivity contribution in [2.75, 3.05) is 0 Å². The molecule has 0 aliphatic carbocycles. The minimum atomic E-state index is -4.68. The molecule has 0 atom stereocenters. The SMILES string of the molecule is Cc1ccc(Cn2c(C)c(/C=C3/C(=N)N4N=C(C(F)(F)F)SC4=NC3=O)c3ccccc32)cc1. The topological polar surface area (TPSA) is 73.8 Å². The fourth-order valence-electron chi connectivity index (χ4n) is 3.97. The Kier molecular flexibility index (Phi) is 5.20. The first kappa shape index (κ1) is 22.1. The van der Waals surface area contributed by atoms with E-state index in [0.29, 0.717) is 12.1 Å². The third-order valence-electron chi connectivity index (χ3n) is 5.73. The Morgan fingerprint density at radius 1 is 1.09 bits per heavy atom. The number of carbonyl (C=O) groups excluding carboxylic acids is 1. The molecular weight excluding hydrogens is 463 g/mol. The van der Waals surface area contributed by atoms with Gasteiger partial charge in [-0.05, 0) is 43.3 Å². The number of para-hydroxylation sites is 1. The minimum Gasteiger partial charge on any atom is -0.340 e. The summed E-state index contributed by atoms with van der Waals surface area (Å²) in [5, 5.41) is 12.1. The summed E-state index contributed by atoms with van der Waals surface area (Å²) in [5.74, 6) is -1.20. The van der Waals surface area contributed by atoms with Gasteiger partial charge in [-0.1, -0.05) is 48.0 Å². The zero-order chi connectivity index (χ0) is 24.2. The molecule has 2 aromatic carbocycles. The number of carbonyl (C=O) groups is 1. The predicted octanol–water partition coefficient (Wildman–Crippen LogP) is 5.49. The Morgan fingerprint density at radius 2 is 1.79 bits per heavy atom.